The van der Waals surface area contributed by atoms with Crippen molar-refractivity contribution in [1.82, 2.24) is 45.0 Å². The zero-order valence-electron chi connectivity index (χ0n) is 40.2. The van der Waals surface area contributed by atoms with E-state index in [0.29, 0.717) is 50.4 Å². The molecule has 4 aliphatic rings. The minimum Gasteiger partial charge on any atom is -0.464 e. The number of urea groups is 1. The van der Waals surface area contributed by atoms with Gasteiger partial charge in [-0.15, -0.1) is 11.3 Å². The third-order valence-corrected chi connectivity index (χ3v) is 14.2. The molecule has 1 spiro atoms. The van der Waals surface area contributed by atoms with Crippen LogP contribution in [-0.4, -0.2) is 137 Å². The fourth-order valence-corrected chi connectivity index (χ4v) is 11.1. The number of pyridine rings is 1. The SMILES string of the molecule is CCn1c(-c2cccnc2[C@H](C)OC)c2c3cc(ccc31)-c1csc(n1)C[C@H](NC(=O)[C@H](C(C)C)N(C)C(=O)N1CC3(CN(C)C3)C1)C(=O)N1CCC[C@H](N1)C(=O)OCC(C)(C)C2.S.S.S.S. The predicted octanol–water partition coefficient (Wildman–Crippen LogP) is 5.98. The molecule has 8 rings (SSSR count). The van der Waals surface area contributed by atoms with E-state index in [-0.39, 0.29) is 96.4 Å². The van der Waals surface area contributed by atoms with Gasteiger partial charge in [-0.2, -0.15) is 54.0 Å². The van der Waals surface area contributed by atoms with Gasteiger partial charge in [-0.05, 0) is 75.9 Å². The summed E-state index contributed by atoms with van der Waals surface area (Å²) < 4.78 is 14.3. The van der Waals surface area contributed by atoms with Crippen LogP contribution >= 0.6 is 65.3 Å². The van der Waals surface area contributed by atoms with Gasteiger partial charge in [-0.3, -0.25) is 24.4 Å². The van der Waals surface area contributed by atoms with Crippen LogP contribution in [0.25, 0.3) is 33.4 Å². The van der Waals surface area contributed by atoms with E-state index in [4.69, 9.17) is 19.4 Å². The van der Waals surface area contributed by atoms with E-state index in [1.165, 1.54) is 21.2 Å². The smallest absolute Gasteiger partial charge is 0.324 e. The third-order valence-electron chi connectivity index (χ3n) is 13.3. The summed E-state index contributed by atoms with van der Waals surface area (Å²) in [5, 5.41) is 8.24. The maximum atomic E-state index is 14.6. The molecule has 370 valence electrons. The van der Waals surface area contributed by atoms with Crippen LogP contribution in [0.1, 0.15) is 76.8 Å². The molecule has 3 fully saturated rings. The normalized spacial score (nSPS) is 20.9. The summed E-state index contributed by atoms with van der Waals surface area (Å²) in [6.45, 7) is 16.6. The van der Waals surface area contributed by atoms with E-state index in [1.54, 1.807) is 20.4 Å². The Morgan fingerprint density at radius 1 is 1.07 bits per heavy atom. The summed E-state index contributed by atoms with van der Waals surface area (Å²) in [7, 11) is 5.44. The molecule has 15 nitrogen and oxygen atoms in total. The average molecular weight is 1020 g/mol. The summed E-state index contributed by atoms with van der Waals surface area (Å²) >= 11 is 1.43. The summed E-state index contributed by atoms with van der Waals surface area (Å²) in [4.78, 5) is 72.1. The highest BCUT2D eigenvalue weighted by Gasteiger charge is 2.53. The third kappa shape index (κ3) is 11.3. The maximum Gasteiger partial charge on any atom is 0.324 e. The molecule has 7 heterocycles. The van der Waals surface area contributed by atoms with Gasteiger partial charge in [0.25, 0.3) is 5.91 Å². The molecule has 20 heteroatoms. The fraction of sp³-hybridized carbons (Fsp3) is 0.574. The Morgan fingerprint density at radius 3 is 2.45 bits per heavy atom. The number of likely N-dealkylation sites (tertiary alicyclic amines) is 2. The number of esters is 1. The lowest BCUT2D eigenvalue weighted by molar-refractivity contribution is -0.155. The number of ether oxygens (including phenoxy) is 2. The van der Waals surface area contributed by atoms with Crippen LogP contribution < -0.4 is 10.7 Å². The summed E-state index contributed by atoms with van der Waals surface area (Å²) in [6.07, 6.45) is 3.32. The van der Waals surface area contributed by atoms with Crippen molar-refractivity contribution in [2.45, 2.75) is 98.0 Å². The van der Waals surface area contributed by atoms with Gasteiger partial charge in [0.15, 0.2) is 0 Å². The molecule has 2 N–H and O–H groups in total. The summed E-state index contributed by atoms with van der Waals surface area (Å²) in [5.41, 5.74) is 9.57. The molecule has 3 saturated heterocycles. The molecular formula is C47H71N9O6S5. The fourth-order valence-electron chi connectivity index (χ4n) is 10.3. The number of thiazole rings is 1. The van der Waals surface area contributed by atoms with Gasteiger partial charge in [-0.1, -0.05) is 33.8 Å². The first-order chi connectivity index (χ1) is 30.0. The Kier molecular flexibility index (Phi) is 18.8. The molecule has 67 heavy (non-hydrogen) atoms. The van der Waals surface area contributed by atoms with Gasteiger partial charge < -0.3 is 34.1 Å². The van der Waals surface area contributed by atoms with Crippen LogP contribution in [0.5, 0.6) is 0 Å². The molecule has 4 amide bonds. The lowest BCUT2D eigenvalue weighted by Gasteiger charge is -2.60. The predicted molar refractivity (Wildman–Crippen MR) is 284 cm³/mol. The highest BCUT2D eigenvalue weighted by molar-refractivity contribution is 7.59. The van der Waals surface area contributed by atoms with Crippen LogP contribution in [0.4, 0.5) is 4.79 Å². The van der Waals surface area contributed by atoms with E-state index in [9.17, 15) is 19.2 Å². The highest BCUT2D eigenvalue weighted by atomic mass is 32.1. The first kappa shape index (κ1) is 56.1. The Labute approximate surface area is 427 Å². The highest BCUT2D eigenvalue weighted by Crippen LogP contribution is 2.42. The number of hydrogen-bond donors (Lipinski definition) is 2. The number of carbonyl (C=O) groups excluding carboxylic acids is 4. The Morgan fingerprint density at radius 2 is 1.79 bits per heavy atom. The number of nitrogens with one attached hydrogen (secondary N) is 2. The van der Waals surface area contributed by atoms with Crippen LogP contribution in [0, 0.1) is 16.7 Å². The summed E-state index contributed by atoms with van der Waals surface area (Å²) in [5.74, 6) is -1.48. The van der Waals surface area contributed by atoms with Crippen LogP contribution in [-0.2, 0) is 43.2 Å². The molecule has 4 atom stereocenters. The Balaban J connectivity index is 0.00000245. The van der Waals surface area contributed by atoms with Gasteiger partial charge in [0.05, 0.1) is 34.8 Å². The Bertz CT molecular complexity index is 2400. The van der Waals surface area contributed by atoms with E-state index in [2.05, 4.69) is 72.3 Å². The molecule has 1 aromatic carbocycles. The number of carbonyl (C=O) groups is 4. The van der Waals surface area contributed by atoms with Crippen molar-refractivity contribution in [3.8, 4) is 22.5 Å². The first-order valence-electron chi connectivity index (χ1n) is 22.3. The standard InChI is InChI=1S/C47H63N9O6S.4H2S/c1-10-55-37-16-15-30-19-32(37)33(41(55)31-13-11-17-48-39(31)29(4)61-9)21-46(5,6)27-62-44(59)34-14-12-18-56(51-34)43(58)35(20-38-49-36(30)22-63-38)50-42(57)40(28(2)3)53(8)45(60)54-25-47(26-54)23-52(7)24-47;;;;/h11,13,15-17,19,22,28-29,34-35,40,51H,10,12,14,18,20-21,23-27H2,1-9H3,(H,50,57);4*1H2/t29-,34-,35-,40-;;;;/m0..../s1. The van der Waals surface area contributed by atoms with Gasteiger partial charge in [0.2, 0.25) is 5.91 Å². The van der Waals surface area contributed by atoms with Crippen molar-refractivity contribution in [1.29, 1.82) is 0 Å². The molecule has 3 aromatic heterocycles. The minimum absolute atomic E-state index is 0. The van der Waals surface area contributed by atoms with Crippen molar-refractivity contribution in [2.75, 3.05) is 60.5 Å². The molecular weight excluding hydrogens is 947 g/mol. The second kappa shape index (κ2) is 22.5. The van der Waals surface area contributed by atoms with Gasteiger partial charge in [0.1, 0.15) is 18.1 Å². The number of fused-ring (bicyclic) bond motifs is 6. The van der Waals surface area contributed by atoms with Gasteiger partial charge in [0, 0.05) is 104 Å². The van der Waals surface area contributed by atoms with Gasteiger partial charge in [-0.25, -0.2) is 15.2 Å². The van der Waals surface area contributed by atoms with E-state index < -0.39 is 35.4 Å². The number of hydrogen-bond acceptors (Lipinski definition) is 11. The topological polar surface area (TPSA) is 154 Å². The quantitative estimate of drug-likeness (QED) is 0.202. The second-order valence-corrected chi connectivity index (χ2v) is 20.3. The molecule has 4 aliphatic heterocycles. The maximum absolute atomic E-state index is 14.6. The lowest BCUT2D eigenvalue weighted by Crippen LogP contribution is -2.73. The molecule has 4 aromatic rings. The number of amides is 4. The molecule has 0 aliphatic carbocycles. The number of methoxy groups -OCH3 is 1. The van der Waals surface area contributed by atoms with E-state index in [1.807, 2.05) is 37.1 Å². The average Bonchev–Trinajstić information content (AvgIpc) is 3.83. The van der Waals surface area contributed by atoms with Crippen molar-refractivity contribution < 1.29 is 28.7 Å². The van der Waals surface area contributed by atoms with Crippen molar-refractivity contribution >= 4 is 100 Å². The number of likely N-dealkylation sites (N-methyl/N-ethyl adjacent to an activating group) is 1. The van der Waals surface area contributed by atoms with Gasteiger partial charge >= 0.3 is 12.0 Å². The van der Waals surface area contributed by atoms with Crippen molar-refractivity contribution in [3.63, 3.8) is 0 Å². The first-order valence-corrected chi connectivity index (χ1v) is 23.2. The number of benzene rings is 1. The monoisotopic (exact) mass is 1020 g/mol. The van der Waals surface area contributed by atoms with Crippen LogP contribution in [0.15, 0.2) is 41.9 Å². The lowest BCUT2D eigenvalue weighted by atomic mass is 9.73. The number of nitrogens with zero attached hydrogens (tertiary/aromatic N) is 7. The largest absolute Gasteiger partial charge is 0.464 e. The number of aryl methyl sites for hydroxylation is 1. The molecule has 0 unspecified atom stereocenters. The van der Waals surface area contributed by atoms with E-state index >= 15 is 0 Å². The van der Waals surface area contributed by atoms with Crippen molar-refractivity contribution in [2.24, 2.45) is 16.7 Å². The van der Waals surface area contributed by atoms with Crippen LogP contribution in [0.2, 0.25) is 0 Å². The second-order valence-electron chi connectivity index (χ2n) is 19.4. The zero-order valence-corrected chi connectivity index (χ0v) is 45.0. The number of rotatable bonds is 8. The molecule has 0 saturated carbocycles. The number of aromatic nitrogens is 3. The van der Waals surface area contributed by atoms with Crippen molar-refractivity contribution in [3.05, 3.63) is 58.2 Å². The zero-order chi connectivity index (χ0) is 45.0. The number of hydrazine groups is 1. The minimum atomic E-state index is -1.03. The summed E-state index contributed by atoms with van der Waals surface area (Å²) in [6, 6.07) is 7.67. The van der Waals surface area contributed by atoms with E-state index in [0.717, 1.165) is 57.8 Å². The van der Waals surface area contributed by atoms with Crippen LogP contribution in [0.3, 0.4) is 0 Å². The number of cyclic esters (lactones) is 1. The molecule has 6 bridgehead atoms. The molecule has 0 radical (unpaired) electrons. The Hall–Kier alpha value is -3.50.